The Morgan fingerprint density at radius 2 is 1.87 bits per heavy atom. The van der Waals surface area contributed by atoms with Crippen LogP contribution in [0.25, 0.3) is 55.4 Å². The minimum Gasteiger partial charge on any atom is -0.336 e. The Morgan fingerprint density at radius 3 is 2.71 bits per heavy atom. The molecule has 0 radical (unpaired) electrons. The van der Waals surface area contributed by atoms with Crippen LogP contribution in [0.3, 0.4) is 0 Å². The average molecular weight is 541 g/mol. The summed E-state index contributed by atoms with van der Waals surface area (Å²) in [5.74, 6) is 0.729. The minimum atomic E-state index is 0.0607. The molecule has 1 amide bonds. The number of halogens is 1. The van der Waals surface area contributed by atoms with Crippen molar-refractivity contribution < 1.29 is 4.79 Å². The first-order valence-corrected chi connectivity index (χ1v) is 13.5. The van der Waals surface area contributed by atoms with E-state index in [9.17, 15) is 4.79 Å². The molecule has 0 aliphatic heterocycles. The minimum absolute atomic E-state index is 0.0607. The predicted octanol–water partition coefficient (Wildman–Crippen LogP) is 6.47. The lowest BCUT2D eigenvalue weighted by molar-refractivity contribution is -0.119. The number of carbonyl (C=O) groups is 1. The zero-order chi connectivity index (χ0) is 25.6. The Balaban J connectivity index is 1.24. The van der Waals surface area contributed by atoms with Gasteiger partial charge in [0.25, 0.3) is 0 Å². The van der Waals surface area contributed by atoms with Crippen molar-refractivity contribution in [3.63, 3.8) is 0 Å². The van der Waals surface area contributed by atoms with Gasteiger partial charge in [0.15, 0.2) is 11.5 Å². The number of aromatic amines is 2. The fourth-order valence-electron chi connectivity index (χ4n) is 4.97. The summed E-state index contributed by atoms with van der Waals surface area (Å²) in [5, 5.41) is 10.6. The quantitative estimate of drug-likeness (QED) is 0.230. The van der Waals surface area contributed by atoms with Gasteiger partial charge in [-0.2, -0.15) is 5.10 Å². The first-order valence-electron chi connectivity index (χ1n) is 12.3. The molecule has 0 spiro atoms. The number of pyridine rings is 3. The number of imidazole rings is 1. The first kappa shape index (κ1) is 23.0. The van der Waals surface area contributed by atoms with Crippen LogP contribution in [-0.2, 0) is 4.79 Å². The molecule has 1 aliphatic rings. The smallest absolute Gasteiger partial charge is 0.227 e. The third-order valence-corrected chi connectivity index (χ3v) is 8.10. The van der Waals surface area contributed by atoms with E-state index in [2.05, 4.69) is 30.5 Å². The van der Waals surface area contributed by atoms with E-state index in [0.717, 1.165) is 64.1 Å². The van der Waals surface area contributed by atoms with Crippen molar-refractivity contribution in [3.05, 3.63) is 59.3 Å². The molecule has 3 N–H and O–H groups in total. The maximum absolute atomic E-state index is 12.6. The number of amides is 1. The van der Waals surface area contributed by atoms with E-state index in [1.807, 2.05) is 36.4 Å². The topological polar surface area (TPSA) is 125 Å². The van der Waals surface area contributed by atoms with Gasteiger partial charge in [0.1, 0.15) is 16.7 Å². The second-order valence-corrected chi connectivity index (χ2v) is 11.1. The number of nitrogens with zero attached hydrogens (tertiary/aromatic N) is 5. The third kappa shape index (κ3) is 4.11. The van der Waals surface area contributed by atoms with Crippen LogP contribution in [0.1, 0.15) is 25.7 Å². The van der Waals surface area contributed by atoms with E-state index in [4.69, 9.17) is 21.6 Å². The Morgan fingerprint density at radius 1 is 1.00 bits per heavy atom. The number of nitrogens with one attached hydrogen (secondary N) is 3. The maximum Gasteiger partial charge on any atom is 0.227 e. The molecule has 9 nitrogen and oxygen atoms in total. The third-order valence-electron chi connectivity index (χ3n) is 6.87. The van der Waals surface area contributed by atoms with E-state index in [1.165, 1.54) is 11.3 Å². The number of rotatable bonds is 5. The molecule has 1 aliphatic carbocycles. The molecule has 6 heterocycles. The van der Waals surface area contributed by atoms with Crippen LogP contribution in [0.4, 0.5) is 5.69 Å². The molecule has 38 heavy (non-hydrogen) atoms. The van der Waals surface area contributed by atoms with Crippen LogP contribution >= 0.6 is 22.9 Å². The number of thiophene rings is 1. The molecule has 6 aromatic rings. The van der Waals surface area contributed by atoms with Gasteiger partial charge in [-0.1, -0.05) is 24.4 Å². The molecule has 7 rings (SSSR count). The zero-order valence-electron chi connectivity index (χ0n) is 20.0. The maximum atomic E-state index is 12.6. The van der Waals surface area contributed by atoms with Gasteiger partial charge in [-0.25, -0.2) is 9.97 Å². The normalized spacial score (nSPS) is 14.0. The summed E-state index contributed by atoms with van der Waals surface area (Å²) in [5.41, 5.74) is 6.59. The number of anilines is 1. The van der Waals surface area contributed by atoms with Crippen molar-refractivity contribution in [2.75, 3.05) is 5.32 Å². The van der Waals surface area contributed by atoms with Gasteiger partial charge >= 0.3 is 0 Å². The summed E-state index contributed by atoms with van der Waals surface area (Å²) >= 11 is 7.62. The molecular formula is C27H21ClN8OS. The van der Waals surface area contributed by atoms with Crippen molar-refractivity contribution in [1.82, 2.24) is 35.1 Å². The molecule has 1 saturated carbocycles. The molecule has 0 aromatic carbocycles. The van der Waals surface area contributed by atoms with Crippen LogP contribution in [0.5, 0.6) is 0 Å². The molecule has 6 aromatic heterocycles. The zero-order valence-corrected chi connectivity index (χ0v) is 21.6. The summed E-state index contributed by atoms with van der Waals surface area (Å²) in [6, 6.07) is 11.4. The van der Waals surface area contributed by atoms with Gasteiger partial charge in [-0.15, -0.1) is 11.3 Å². The fourth-order valence-corrected chi connectivity index (χ4v) is 6.02. The lowest BCUT2D eigenvalue weighted by Gasteiger charge is -2.11. The molecule has 188 valence electrons. The van der Waals surface area contributed by atoms with Crippen molar-refractivity contribution in [2.45, 2.75) is 25.7 Å². The summed E-state index contributed by atoms with van der Waals surface area (Å²) in [6.07, 6.45) is 9.26. The van der Waals surface area contributed by atoms with Crippen molar-refractivity contribution in [2.24, 2.45) is 5.92 Å². The number of fused-ring (bicyclic) bond motifs is 2. The monoisotopic (exact) mass is 540 g/mol. The van der Waals surface area contributed by atoms with Gasteiger partial charge in [0.05, 0.1) is 37.8 Å². The highest BCUT2D eigenvalue weighted by Gasteiger charge is 2.23. The molecule has 0 bridgehead atoms. The number of hydrogen-bond acceptors (Lipinski definition) is 7. The standard InChI is InChI=1S/C27H21ClN8OS/c28-21-8-7-20(38-21)24-22-18(9-10-30-24)33-26(34-22)25-23-19(35-36-25)6-5-17(32-23)15-11-16(13-29-12-15)31-27(37)14-3-1-2-4-14/h5-14H,1-4H2,(H,31,37)(H,33,34)(H,35,36). The van der Waals surface area contributed by atoms with E-state index < -0.39 is 0 Å². The predicted molar refractivity (Wildman–Crippen MR) is 149 cm³/mol. The fraction of sp³-hybridized carbons (Fsp3) is 0.185. The van der Waals surface area contributed by atoms with Gasteiger partial charge in [0, 0.05) is 23.9 Å². The molecule has 11 heteroatoms. The van der Waals surface area contributed by atoms with E-state index in [-0.39, 0.29) is 11.8 Å². The number of carbonyl (C=O) groups excluding carboxylic acids is 1. The van der Waals surface area contributed by atoms with Gasteiger partial charge in [0.2, 0.25) is 5.91 Å². The van der Waals surface area contributed by atoms with Crippen LogP contribution in [0.2, 0.25) is 4.34 Å². The van der Waals surface area contributed by atoms with Gasteiger partial charge in [-0.05, 0) is 49.2 Å². The van der Waals surface area contributed by atoms with E-state index >= 15 is 0 Å². The Labute approximate surface area is 225 Å². The lowest BCUT2D eigenvalue weighted by atomic mass is 10.1. The van der Waals surface area contributed by atoms with Crippen LogP contribution in [-0.4, -0.2) is 41.0 Å². The van der Waals surface area contributed by atoms with Crippen molar-refractivity contribution >= 4 is 56.6 Å². The molecule has 1 fully saturated rings. The summed E-state index contributed by atoms with van der Waals surface area (Å²) in [4.78, 5) is 35.5. The van der Waals surface area contributed by atoms with Crippen molar-refractivity contribution in [3.8, 4) is 33.3 Å². The number of H-pyrrole nitrogens is 2. The van der Waals surface area contributed by atoms with E-state index in [1.54, 1.807) is 18.6 Å². The molecular weight excluding hydrogens is 520 g/mol. The first-order chi connectivity index (χ1) is 18.6. The van der Waals surface area contributed by atoms with Gasteiger partial charge in [-0.3, -0.25) is 19.9 Å². The SMILES string of the molecule is O=C(Nc1cncc(-c2ccc3[nH]nc(-c4nc5c(-c6ccc(Cl)s6)nccc5[nH]4)c3n2)c1)C1CCCC1. The summed E-state index contributed by atoms with van der Waals surface area (Å²) in [7, 11) is 0. The Hall–Kier alpha value is -4.15. The highest BCUT2D eigenvalue weighted by atomic mass is 35.5. The van der Waals surface area contributed by atoms with Crippen LogP contribution in [0, 0.1) is 5.92 Å². The highest BCUT2D eigenvalue weighted by molar-refractivity contribution is 7.19. The van der Waals surface area contributed by atoms with Crippen molar-refractivity contribution in [1.29, 1.82) is 0 Å². The second kappa shape index (κ2) is 9.30. The largest absolute Gasteiger partial charge is 0.336 e. The Kier molecular flexibility index (Phi) is 5.63. The molecule has 0 saturated heterocycles. The average Bonchev–Trinajstić information content (AvgIpc) is 3.74. The van der Waals surface area contributed by atoms with Crippen LogP contribution in [0.15, 0.2) is 55.0 Å². The van der Waals surface area contributed by atoms with Gasteiger partial charge < -0.3 is 10.3 Å². The van der Waals surface area contributed by atoms with Crippen LogP contribution < -0.4 is 5.32 Å². The second-order valence-electron chi connectivity index (χ2n) is 9.34. The van der Waals surface area contributed by atoms with E-state index in [0.29, 0.717) is 27.1 Å². The number of hydrogen-bond donors (Lipinski definition) is 3. The lowest BCUT2D eigenvalue weighted by Crippen LogP contribution is -2.20. The molecule has 0 unspecified atom stereocenters. The number of aromatic nitrogens is 7. The highest BCUT2D eigenvalue weighted by Crippen LogP contribution is 2.35. The molecule has 0 atom stereocenters. The summed E-state index contributed by atoms with van der Waals surface area (Å²) < 4.78 is 0.696. The summed E-state index contributed by atoms with van der Waals surface area (Å²) in [6.45, 7) is 0. The Bertz CT molecular complexity index is 1820.